The Kier molecular flexibility index (Phi) is 6.33. The van der Waals surface area contributed by atoms with Gasteiger partial charge in [0.15, 0.2) is 0 Å². The minimum Gasteiger partial charge on any atom is -0.299 e. The molecule has 0 radical (unpaired) electrons. The fourth-order valence-corrected chi connectivity index (χ4v) is 3.87. The molecule has 0 saturated carbocycles. The Hall–Kier alpha value is -0.550. The number of benzene rings is 1. The molecule has 1 saturated heterocycles. The molecule has 124 valence electrons. The lowest BCUT2D eigenvalue weighted by Crippen LogP contribution is -2.35. The third-order valence-electron chi connectivity index (χ3n) is 4.69. The van der Waals surface area contributed by atoms with Crippen LogP contribution in [0, 0.1) is 11.8 Å². The highest BCUT2D eigenvalue weighted by molar-refractivity contribution is 9.09. The van der Waals surface area contributed by atoms with E-state index in [-0.39, 0.29) is 0 Å². The highest BCUT2D eigenvalue weighted by atomic mass is 79.9. The van der Waals surface area contributed by atoms with Crippen molar-refractivity contribution in [2.75, 3.05) is 18.4 Å². The first-order chi connectivity index (χ1) is 10.4. The lowest BCUT2D eigenvalue weighted by molar-refractivity contribution is -0.137. The third kappa shape index (κ3) is 4.98. The Morgan fingerprint density at radius 2 is 1.77 bits per heavy atom. The smallest absolute Gasteiger partial charge is 0.299 e. The predicted molar refractivity (Wildman–Crippen MR) is 87.0 cm³/mol. The van der Waals surface area contributed by atoms with Gasteiger partial charge >= 0.3 is 6.18 Å². The molecule has 0 spiro atoms. The van der Waals surface area contributed by atoms with Crippen molar-refractivity contribution >= 4 is 15.9 Å². The summed E-state index contributed by atoms with van der Waals surface area (Å²) >= 11 is 3.50. The van der Waals surface area contributed by atoms with Crippen LogP contribution < -0.4 is 0 Å². The molecule has 1 aromatic rings. The zero-order valence-electron chi connectivity index (χ0n) is 12.9. The quantitative estimate of drug-likeness (QED) is 0.626. The van der Waals surface area contributed by atoms with Gasteiger partial charge in [0.05, 0.1) is 5.56 Å². The summed E-state index contributed by atoms with van der Waals surface area (Å²) in [6, 6.07) is 5.56. The van der Waals surface area contributed by atoms with Gasteiger partial charge < -0.3 is 0 Å². The Morgan fingerprint density at radius 1 is 1.18 bits per heavy atom. The molecule has 0 amide bonds. The standard InChI is InChI=1S/C17H23BrF3N/c1-13(6-9-18)15-7-10-22(11-8-15)12-14-2-4-16(5-3-14)17(19,20)21/h2-5,13,15H,6-12H2,1H3. The SMILES string of the molecule is CC(CCBr)C1CCN(Cc2ccc(C(F)(F)F)cc2)CC1. The van der Waals surface area contributed by atoms with Crippen LogP contribution in [0.1, 0.15) is 37.3 Å². The lowest BCUT2D eigenvalue weighted by Gasteiger charge is -2.34. The molecule has 1 heterocycles. The zero-order valence-corrected chi connectivity index (χ0v) is 14.5. The Balaban J connectivity index is 1.83. The van der Waals surface area contributed by atoms with Gasteiger partial charge in [-0.2, -0.15) is 13.2 Å². The average molecular weight is 378 g/mol. The van der Waals surface area contributed by atoms with Gasteiger partial charge in [0, 0.05) is 11.9 Å². The molecule has 0 N–H and O–H groups in total. The second kappa shape index (κ2) is 7.82. The Morgan fingerprint density at radius 3 is 2.27 bits per heavy atom. The van der Waals surface area contributed by atoms with Gasteiger partial charge in [0.2, 0.25) is 0 Å². The summed E-state index contributed by atoms with van der Waals surface area (Å²) in [4.78, 5) is 2.35. The average Bonchev–Trinajstić information content (AvgIpc) is 2.48. The van der Waals surface area contributed by atoms with Crippen molar-refractivity contribution < 1.29 is 13.2 Å². The third-order valence-corrected chi connectivity index (χ3v) is 5.15. The molecule has 1 aliphatic rings. The van der Waals surface area contributed by atoms with Crippen LogP contribution in [0.4, 0.5) is 13.2 Å². The molecule has 1 atom stereocenters. The minimum absolute atomic E-state index is 0.571. The molecular formula is C17H23BrF3N. The summed E-state index contributed by atoms with van der Waals surface area (Å²) in [6.07, 6.45) is -0.657. The van der Waals surface area contributed by atoms with Crippen LogP contribution >= 0.6 is 15.9 Å². The molecule has 5 heteroatoms. The van der Waals surface area contributed by atoms with Crippen molar-refractivity contribution in [1.82, 2.24) is 4.90 Å². The van der Waals surface area contributed by atoms with E-state index in [4.69, 9.17) is 0 Å². The van der Waals surface area contributed by atoms with Crippen LogP contribution in [-0.4, -0.2) is 23.3 Å². The zero-order chi connectivity index (χ0) is 16.2. The van der Waals surface area contributed by atoms with Crippen LogP contribution in [0.15, 0.2) is 24.3 Å². The molecule has 0 bridgehead atoms. The second-order valence-electron chi connectivity index (χ2n) is 6.26. The number of hydrogen-bond donors (Lipinski definition) is 0. The molecule has 1 aromatic carbocycles. The van der Waals surface area contributed by atoms with E-state index in [1.165, 1.54) is 31.4 Å². The summed E-state index contributed by atoms with van der Waals surface area (Å²) in [6.45, 7) is 5.14. The molecule has 22 heavy (non-hydrogen) atoms. The maximum absolute atomic E-state index is 12.5. The van der Waals surface area contributed by atoms with Crippen molar-refractivity contribution in [1.29, 1.82) is 0 Å². The number of likely N-dealkylation sites (tertiary alicyclic amines) is 1. The van der Waals surface area contributed by atoms with Crippen molar-refractivity contribution in [3.05, 3.63) is 35.4 Å². The summed E-state index contributed by atoms with van der Waals surface area (Å²) < 4.78 is 37.6. The topological polar surface area (TPSA) is 3.24 Å². The monoisotopic (exact) mass is 377 g/mol. The molecule has 1 nitrogen and oxygen atoms in total. The minimum atomic E-state index is -4.25. The van der Waals surface area contributed by atoms with E-state index in [1.54, 1.807) is 12.1 Å². The summed E-state index contributed by atoms with van der Waals surface area (Å²) in [5.74, 6) is 1.52. The Bertz CT molecular complexity index is 450. The first kappa shape index (κ1) is 17.8. The number of rotatable bonds is 5. The normalized spacial score (nSPS) is 19.3. The van der Waals surface area contributed by atoms with Gasteiger partial charge in [-0.15, -0.1) is 0 Å². The molecule has 1 aliphatic heterocycles. The van der Waals surface area contributed by atoms with E-state index in [2.05, 4.69) is 27.8 Å². The van der Waals surface area contributed by atoms with Crippen LogP contribution in [0.5, 0.6) is 0 Å². The molecular weight excluding hydrogens is 355 g/mol. The highest BCUT2D eigenvalue weighted by Crippen LogP contribution is 2.30. The number of alkyl halides is 4. The van der Waals surface area contributed by atoms with E-state index in [1.807, 2.05) is 0 Å². The molecule has 0 aliphatic carbocycles. The maximum atomic E-state index is 12.5. The van der Waals surface area contributed by atoms with Crippen molar-refractivity contribution in [3.63, 3.8) is 0 Å². The fraction of sp³-hybridized carbons (Fsp3) is 0.647. The highest BCUT2D eigenvalue weighted by Gasteiger charge is 2.30. The number of hydrogen-bond acceptors (Lipinski definition) is 1. The van der Waals surface area contributed by atoms with E-state index in [0.717, 1.165) is 42.4 Å². The van der Waals surface area contributed by atoms with Crippen molar-refractivity contribution in [3.8, 4) is 0 Å². The van der Waals surface area contributed by atoms with E-state index >= 15 is 0 Å². The van der Waals surface area contributed by atoms with Gasteiger partial charge in [0.25, 0.3) is 0 Å². The number of piperidine rings is 1. The van der Waals surface area contributed by atoms with Crippen LogP contribution in [0.2, 0.25) is 0 Å². The van der Waals surface area contributed by atoms with Crippen molar-refractivity contribution in [2.24, 2.45) is 11.8 Å². The van der Waals surface area contributed by atoms with E-state index in [9.17, 15) is 13.2 Å². The van der Waals surface area contributed by atoms with Crippen LogP contribution in [0.3, 0.4) is 0 Å². The van der Waals surface area contributed by atoms with Gasteiger partial charge in [-0.05, 0) is 61.9 Å². The summed E-state index contributed by atoms with van der Waals surface area (Å²) in [7, 11) is 0. The number of nitrogens with zero attached hydrogens (tertiary/aromatic N) is 1. The molecule has 2 rings (SSSR count). The van der Waals surface area contributed by atoms with Crippen LogP contribution in [0.25, 0.3) is 0 Å². The van der Waals surface area contributed by atoms with Gasteiger partial charge in [-0.1, -0.05) is 35.0 Å². The summed E-state index contributed by atoms with van der Waals surface area (Å²) in [5.41, 5.74) is 0.388. The first-order valence-electron chi connectivity index (χ1n) is 7.84. The van der Waals surface area contributed by atoms with Crippen molar-refractivity contribution in [2.45, 2.75) is 38.9 Å². The molecule has 1 unspecified atom stereocenters. The molecule has 1 fully saturated rings. The maximum Gasteiger partial charge on any atom is 0.416 e. The fourth-order valence-electron chi connectivity index (χ4n) is 3.15. The first-order valence-corrected chi connectivity index (χ1v) is 8.96. The van der Waals surface area contributed by atoms with E-state index in [0.29, 0.717) is 0 Å². The van der Waals surface area contributed by atoms with Gasteiger partial charge in [-0.3, -0.25) is 4.90 Å². The predicted octanol–water partition coefficient (Wildman–Crippen LogP) is 5.34. The Labute approximate surface area is 139 Å². The van der Waals surface area contributed by atoms with Gasteiger partial charge in [0.1, 0.15) is 0 Å². The molecule has 0 aromatic heterocycles. The second-order valence-corrected chi connectivity index (χ2v) is 7.06. The van der Waals surface area contributed by atoms with Gasteiger partial charge in [-0.25, -0.2) is 0 Å². The summed E-state index contributed by atoms with van der Waals surface area (Å²) in [5, 5.41) is 1.06. The number of halogens is 4. The van der Waals surface area contributed by atoms with Crippen LogP contribution in [-0.2, 0) is 12.7 Å². The van der Waals surface area contributed by atoms with E-state index < -0.39 is 11.7 Å². The lowest BCUT2D eigenvalue weighted by atomic mass is 9.84. The largest absolute Gasteiger partial charge is 0.416 e.